The van der Waals surface area contributed by atoms with Gasteiger partial charge in [0, 0.05) is 10.0 Å². The van der Waals surface area contributed by atoms with E-state index in [4.69, 9.17) is 10.3 Å². The Hall–Kier alpha value is -2.28. The van der Waals surface area contributed by atoms with Gasteiger partial charge in [0.05, 0.1) is 0 Å². The zero-order valence-electron chi connectivity index (χ0n) is 10.0. The highest BCUT2D eigenvalue weighted by molar-refractivity contribution is 9.10. The van der Waals surface area contributed by atoms with Gasteiger partial charge in [-0.2, -0.15) is 4.98 Å². The van der Waals surface area contributed by atoms with Gasteiger partial charge in [-0.15, -0.1) is 0 Å². The maximum atomic E-state index is 13.4. The Morgan fingerprint density at radius 1 is 1.15 bits per heavy atom. The van der Waals surface area contributed by atoms with Crippen LogP contribution in [0.25, 0.3) is 23.0 Å². The van der Waals surface area contributed by atoms with Gasteiger partial charge in [-0.05, 0) is 30.3 Å². The summed E-state index contributed by atoms with van der Waals surface area (Å²) in [4.78, 5) is 8.27. The predicted octanol–water partition coefficient (Wildman–Crippen LogP) is 3.28. The molecule has 0 unspecified atom stereocenters. The first-order valence-electron chi connectivity index (χ1n) is 5.65. The summed E-state index contributed by atoms with van der Waals surface area (Å²) in [6.45, 7) is 0. The molecule has 3 rings (SSSR count). The van der Waals surface area contributed by atoms with Gasteiger partial charge >= 0.3 is 0 Å². The second-order valence-electron chi connectivity index (χ2n) is 4.03. The van der Waals surface area contributed by atoms with Crippen LogP contribution < -0.4 is 5.73 Å². The summed E-state index contributed by atoms with van der Waals surface area (Å²) in [6, 6.07) is 9.47. The molecule has 0 atom stereocenters. The van der Waals surface area contributed by atoms with E-state index in [1.54, 1.807) is 24.3 Å². The molecule has 0 radical (unpaired) electrons. The molecule has 3 aromatic rings. The molecule has 2 N–H and O–H groups in total. The standard InChI is InChI=1S/C13H8BrFN4O/c14-8-4-7(5-9(15)6-8)12-18-13(20-19-12)10-2-1-3-11(16)17-10/h1-6H,(H2,16,17). The lowest BCUT2D eigenvalue weighted by molar-refractivity contribution is 0.431. The number of hydrogen-bond acceptors (Lipinski definition) is 5. The zero-order valence-corrected chi connectivity index (χ0v) is 11.6. The van der Waals surface area contributed by atoms with Crippen molar-refractivity contribution in [3.8, 4) is 23.0 Å². The number of benzene rings is 1. The maximum Gasteiger partial charge on any atom is 0.276 e. The molecule has 0 amide bonds. The first-order valence-corrected chi connectivity index (χ1v) is 6.44. The molecule has 7 heteroatoms. The SMILES string of the molecule is Nc1cccc(-c2nc(-c3cc(F)cc(Br)c3)no2)n1. The van der Waals surface area contributed by atoms with Crippen LogP contribution in [-0.2, 0) is 0 Å². The van der Waals surface area contributed by atoms with Gasteiger partial charge in [0.1, 0.15) is 17.3 Å². The van der Waals surface area contributed by atoms with Crippen LogP contribution in [-0.4, -0.2) is 15.1 Å². The van der Waals surface area contributed by atoms with Crippen molar-refractivity contribution in [2.45, 2.75) is 0 Å². The van der Waals surface area contributed by atoms with Crippen LogP contribution in [0.5, 0.6) is 0 Å². The van der Waals surface area contributed by atoms with Crippen LogP contribution in [0.15, 0.2) is 45.4 Å². The lowest BCUT2D eigenvalue weighted by atomic mass is 10.2. The summed E-state index contributed by atoms with van der Waals surface area (Å²) in [6.07, 6.45) is 0. The Morgan fingerprint density at radius 2 is 2.00 bits per heavy atom. The lowest BCUT2D eigenvalue weighted by Crippen LogP contribution is -1.91. The van der Waals surface area contributed by atoms with E-state index in [0.717, 1.165) is 0 Å². The van der Waals surface area contributed by atoms with Gasteiger partial charge in [0.25, 0.3) is 5.89 Å². The molecule has 0 fully saturated rings. The van der Waals surface area contributed by atoms with E-state index >= 15 is 0 Å². The molecule has 0 saturated heterocycles. The Morgan fingerprint density at radius 3 is 2.75 bits per heavy atom. The van der Waals surface area contributed by atoms with Crippen LogP contribution >= 0.6 is 15.9 Å². The monoisotopic (exact) mass is 334 g/mol. The van der Waals surface area contributed by atoms with Crippen molar-refractivity contribution >= 4 is 21.7 Å². The van der Waals surface area contributed by atoms with E-state index in [1.807, 2.05) is 0 Å². The van der Waals surface area contributed by atoms with Crippen molar-refractivity contribution < 1.29 is 8.91 Å². The number of nitrogens with two attached hydrogens (primary N) is 1. The van der Waals surface area contributed by atoms with Crippen molar-refractivity contribution in [3.05, 3.63) is 46.7 Å². The van der Waals surface area contributed by atoms with Crippen LogP contribution in [0.1, 0.15) is 0 Å². The molecule has 0 spiro atoms. The van der Waals surface area contributed by atoms with Crippen molar-refractivity contribution in [2.75, 3.05) is 5.73 Å². The second kappa shape index (κ2) is 5.01. The molecule has 2 heterocycles. The average molecular weight is 335 g/mol. The summed E-state index contributed by atoms with van der Waals surface area (Å²) in [5.74, 6) is 0.482. The molecule has 20 heavy (non-hydrogen) atoms. The second-order valence-corrected chi connectivity index (χ2v) is 4.94. The van der Waals surface area contributed by atoms with Crippen LogP contribution in [0.4, 0.5) is 10.2 Å². The van der Waals surface area contributed by atoms with E-state index in [1.165, 1.54) is 12.1 Å². The molecule has 1 aromatic carbocycles. The van der Waals surface area contributed by atoms with Gasteiger partial charge in [-0.1, -0.05) is 27.2 Å². The third kappa shape index (κ3) is 2.53. The number of anilines is 1. The first kappa shape index (κ1) is 12.7. The first-order chi connectivity index (χ1) is 9.61. The number of nitrogen functional groups attached to an aromatic ring is 1. The predicted molar refractivity (Wildman–Crippen MR) is 75.0 cm³/mol. The topological polar surface area (TPSA) is 77.8 Å². The fraction of sp³-hybridized carbons (Fsp3) is 0. The summed E-state index contributed by atoms with van der Waals surface area (Å²) in [5, 5.41) is 3.82. The smallest absolute Gasteiger partial charge is 0.276 e. The van der Waals surface area contributed by atoms with E-state index in [-0.39, 0.29) is 17.5 Å². The average Bonchev–Trinajstić information content (AvgIpc) is 2.87. The number of hydrogen-bond donors (Lipinski definition) is 1. The number of aromatic nitrogens is 3. The minimum absolute atomic E-state index is 0.229. The summed E-state index contributed by atoms with van der Waals surface area (Å²) >= 11 is 3.22. The summed E-state index contributed by atoms with van der Waals surface area (Å²) in [7, 11) is 0. The minimum Gasteiger partial charge on any atom is -0.384 e. The number of halogens is 2. The molecular formula is C13H8BrFN4O. The zero-order chi connectivity index (χ0) is 14.1. The molecule has 0 saturated carbocycles. The number of pyridine rings is 1. The van der Waals surface area contributed by atoms with Crippen LogP contribution in [0, 0.1) is 5.82 Å². The van der Waals surface area contributed by atoms with Gasteiger partial charge < -0.3 is 10.3 Å². The lowest BCUT2D eigenvalue weighted by Gasteiger charge is -1.96. The Kier molecular flexibility index (Phi) is 3.19. The van der Waals surface area contributed by atoms with Gasteiger partial charge in [-0.25, -0.2) is 9.37 Å². The number of nitrogens with zero attached hydrogens (tertiary/aromatic N) is 3. The van der Waals surface area contributed by atoms with Gasteiger partial charge in [0.15, 0.2) is 0 Å². The van der Waals surface area contributed by atoms with Gasteiger partial charge in [0.2, 0.25) is 5.82 Å². The molecule has 0 aliphatic heterocycles. The van der Waals surface area contributed by atoms with Crippen molar-refractivity contribution in [3.63, 3.8) is 0 Å². The Bertz CT molecular complexity index is 754. The third-order valence-electron chi connectivity index (χ3n) is 2.54. The Labute approximate surface area is 121 Å². The fourth-order valence-electron chi connectivity index (χ4n) is 1.70. The third-order valence-corrected chi connectivity index (χ3v) is 2.99. The van der Waals surface area contributed by atoms with E-state index < -0.39 is 0 Å². The fourth-order valence-corrected chi connectivity index (χ4v) is 2.16. The quantitative estimate of drug-likeness (QED) is 0.778. The summed E-state index contributed by atoms with van der Waals surface area (Å²) in [5.41, 5.74) is 6.58. The molecule has 5 nitrogen and oxygen atoms in total. The normalized spacial score (nSPS) is 10.7. The number of rotatable bonds is 2. The molecule has 2 aromatic heterocycles. The highest BCUT2D eigenvalue weighted by Crippen LogP contribution is 2.25. The molecule has 0 aliphatic rings. The van der Waals surface area contributed by atoms with E-state index in [9.17, 15) is 4.39 Å². The van der Waals surface area contributed by atoms with Crippen molar-refractivity contribution in [1.82, 2.24) is 15.1 Å². The molecule has 0 bridgehead atoms. The highest BCUT2D eigenvalue weighted by Gasteiger charge is 2.13. The van der Waals surface area contributed by atoms with Gasteiger partial charge in [-0.3, -0.25) is 0 Å². The molecule has 100 valence electrons. The minimum atomic E-state index is -0.386. The Balaban J connectivity index is 2.02. The van der Waals surface area contributed by atoms with Crippen LogP contribution in [0.2, 0.25) is 0 Å². The largest absolute Gasteiger partial charge is 0.384 e. The molecular weight excluding hydrogens is 327 g/mol. The summed E-state index contributed by atoms with van der Waals surface area (Å²) < 4.78 is 19.1. The van der Waals surface area contributed by atoms with Crippen molar-refractivity contribution in [2.24, 2.45) is 0 Å². The highest BCUT2D eigenvalue weighted by atomic mass is 79.9. The molecule has 0 aliphatic carbocycles. The van der Waals surface area contributed by atoms with E-state index in [0.29, 0.717) is 21.5 Å². The van der Waals surface area contributed by atoms with E-state index in [2.05, 4.69) is 31.1 Å². The maximum absolute atomic E-state index is 13.4. The van der Waals surface area contributed by atoms with Crippen LogP contribution in [0.3, 0.4) is 0 Å². The van der Waals surface area contributed by atoms with Crippen molar-refractivity contribution in [1.29, 1.82) is 0 Å².